The molecule has 2 amide bonds. The third kappa shape index (κ3) is 6.51. The van der Waals surface area contributed by atoms with E-state index in [9.17, 15) is 9.59 Å². The number of halogens is 2. The highest BCUT2D eigenvalue weighted by Crippen LogP contribution is 2.26. The Bertz CT molecular complexity index is 842. The molecule has 0 saturated heterocycles. The van der Waals surface area contributed by atoms with Crippen LogP contribution in [0.15, 0.2) is 42.5 Å². The highest BCUT2D eigenvalue weighted by atomic mass is 35.5. The lowest BCUT2D eigenvalue weighted by Gasteiger charge is -2.20. The van der Waals surface area contributed by atoms with Crippen molar-refractivity contribution < 1.29 is 9.59 Å². The second-order valence-electron chi connectivity index (χ2n) is 6.69. The van der Waals surface area contributed by atoms with Crippen molar-refractivity contribution in [3.63, 3.8) is 0 Å². The fourth-order valence-electron chi connectivity index (χ4n) is 2.90. The molecule has 7 heteroatoms. The topological polar surface area (TPSA) is 61.4 Å². The van der Waals surface area contributed by atoms with Crippen molar-refractivity contribution >= 4 is 40.7 Å². The quantitative estimate of drug-likeness (QED) is 0.667. The Balaban J connectivity index is 1.85. The number of rotatable bonds is 8. The van der Waals surface area contributed by atoms with Crippen LogP contribution in [-0.4, -0.2) is 36.9 Å². The molecule has 0 aromatic heterocycles. The van der Waals surface area contributed by atoms with Crippen molar-refractivity contribution in [2.75, 3.05) is 25.5 Å². The van der Waals surface area contributed by atoms with Crippen LogP contribution in [0.5, 0.6) is 0 Å². The summed E-state index contributed by atoms with van der Waals surface area (Å²) in [6, 6.07) is 12.6. The van der Waals surface area contributed by atoms with Crippen molar-refractivity contribution in [1.29, 1.82) is 0 Å². The Kier molecular flexibility index (Phi) is 8.30. The van der Waals surface area contributed by atoms with Crippen LogP contribution in [0.25, 0.3) is 0 Å². The number of nitrogens with zero attached hydrogens (tertiary/aromatic N) is 1. The summed E-state index contributed by atoms with van der Waals surface area (Å²) in [4.78, 5) is 26.2. The van der Waals surface area contributed by atoms with Crippen molar-refractivity contribution in [2.45, 2.75) is 26.3 Å². The molecule has 0 heterocycles. The van der Waals surface area contributed by atoms with Gasteiger partial charge in [0, 0.05) is 15.7 Å². The van der Waals surface area contributed by atoms with Gasteiger partial charge >= 0.3 is 0 Å². The van der Waals surface area contributed by atoms with E-state index in [4.69, 9.17) is 23.2 Å². The normalized spacial score (nSPS) is 11.9. The lowest BCUT2D eigenvalue weighted by molar-refractivity contribution is -0.123. The predicted molar refractivity (Wildman–Crippen MR) is 115 cm³/mol. The van der Waals surface area contributed by atoms with Crippen LogP contribution < -0.4 is 10.6 Å². The van der Waals surface area contributed by atoms with Gasteiger partial charge in [-0.1, -0.05) is 54.4 Å². The number of benzene rings is 2. The summed E-state index contributed by atoms with van der Waals surface area (Å²) in [5.74, 6) is -0.354. The van der Waals surface area contributed by atoms with Crippen molar-refractivity contribution in [3.05, 3.63) is 63.6 Å². The Labute approximate surface area is 176 Å². The molecule has 0 spiro atoms. The number of carbonyl (C=O) groups is 2. The first kappa shape index (κ1) is 22.2. The van der Waals surface area contributed by atoms with Crippen LogP contribution >= 0.6 is 23.2 Å². The predicted octanol–water partition coefficient (Wildman–Crippen LogP) is 4.30. The van der Waals surface area contributed by atoms with E-state index >= 15 is 0 Å². The van der Waals surface area contributed by atoms with Crippen LogP contribution in [0.2, 0.25) is 10.0 Å². The molecule has 1 atom stereocenters. The number of likely N-dealkylation sites (N-methyl/N-ethyl adjacent to an activating group) is 1. The molecule has 0 fully saturated rings. The molecule has 5 nitrogen and oxygen atoms in total. The van der Waals surface area contributed by atoms with Gasteiger partial charge in [-0.2, -0.15) is 0 Å². The first-order valence-electron chi connectivity index (χ1n) is 9.10. The maximum absolute atomic E-state index is 12.3. The molecule has 0 bridgehead atoms. The minimum absolute atomic E-state index is 0.0956. The van der Waals surface area contributed by atoms with Gasteiger partial charge in [0.1, 0.15) is 0 Å². The van der Waals surface area contributed by atoms with E-state index in [0.717, 1.165) is 23.2 Å². The third-order valence-electron chi connectivity index (χ3n) is 4.31. The molecule has 0 unspecified atom stereocenters. The standard InChI is InChI=1S/C21H25Cl2N3O2/c1-4-15-7-5-6-8-19(15)25-21(28)13-26(3)12-20(27)24-14(2)17-10-9-16(22)11-18(17)23/h5-11,14H,4,12-13H2,1-3H3,(H,24,27)(H,25,28)/t14-/m0/s1. The maximum Gasteiger partial charge on any atom is 0.238 e. The van der Waals surface area contributed by atoms with Crippen molar-refractivity contribution in [3.8, 4) is 0 Å². The molecule has 2 aromatic rings. The Morgan fingerprint density at radius 3 is 2.43 bits per heavy atom. The van der Waals surface area contributed by atoms with Gasteiger partial charge < -0.3 is 10.6 Å². The number of amides is 2. The largest absolute Gasteiger partial charge is 0.348 e. The number of aryl methyl sites for hydroxylation is 1. The molecule has 0 aliphatic heterocycles. The molecule has 2 rings (SSSR count). The minimum atomic E-state index is -0.268. The van der Waals surface area contributed by atoms with E-state index < -0.39 is 0 Å². The fraction of sp³-hybridized carbons (Fsp3) is 0.333. The molecule has 0 aliphatic carbocycles. The molecule has 28 heavy (non-hydrogen) atoms. The van der Waals surface area contributed by atoms with Crippen LogP contribution in [0.4, 0.5) is 5.69 Å². The number of carbonyl (C=O) groups excluding carboxylic acids is 2. The summed E-state index contributed by atoms with van der Waals surface area (Å²) >= 11 is 12.1. The number of para-hydroxylation sites is 1. The lowest BCUT2D eigenvalue weighted by Crippen LogP contribution is -2.39. The van der Waals surface area contributed by atoms with Crippen molar-refractivity contribution in [1.82, 2.24) is 10.2 Å². The van der Waals surface area contributed by atoms with E-state index in [1.54, 1.807) is 30.1 Å². The molecule has 2 aromatic carbocycles. The Morgan fingerprint density at radius 2 is 1.75 bits per heavy atom. The molecule has 150 valence electrons. The van der Waals surface area contributed by atoms with E-state index in [1.807, 2.05) is 38.1 Å². The van der Waals surface area contributed by atoms with E-state index in [2.05, 4.69) is 10.6 Å². The second-order valence-corrected chi connectivity index (χ2v) is 7.53. The average Bonchev–Trinajstić information content (AvgIpc) is 2.61. The van der Waals surface area contributed by atoms with E-state index in [-0.39, 0.29) is 30.9 Å². The zero-order chi connectivity index (χ0) is 20.7. The summed E-state index contributed by atoms with van der Waals surface area (Å²) in [6.07, 6.45) is 0.833. The zero-order valence-electron chi connectivity index (χ0n) is 16.3. The monoisotopic (exact) mass is 421 g/mol. The highest BCUT2D eigenvalue weighted by Gasteiger charge is 2.16. The molecular weight excluding hydrogens is 397 g/mol. The number of nitrogens with one attached hydrogen (secondary N) is 2. The van der Waals surface area contributed by atoms with Gasteiger partial charge in [-0.05, 0) is 49.7 Å². The van der Waals surface area contributed by atoms with Crippen LogP contribution in [0, 0.1) is 0 Å². The van der Waals surface area contributed by atoms with E-state index in [1.165, 1.54) is 0 Å². The molecular formula is C21H25Cl2N3O2. The summed E-state index contributed by atoms with van der Waals surface area (Å²) < 4.78 is 0. The highest BCUT2D eigenvalue weighted by molar-refractivity contribution is 6.35. The van der Waals surface area contributed by atoms with Gasteiger partial charge in [0.2, 0.25) is 11.8 Å². The van der Waals surface area contributed by atoms with Crippen LogP contribution in [-0.2, 0) is 16.0 Å². The first-order chi connectivity index (χ1) is 13.3. The summed E-state index contributed by atoms with van der Waals surface area (Å²) in [5, 5.41) is 6.84. The summed E-state index contributed by atoms with van der Waals surface area (Å²) in [7, 11) is 1.73. The van der Waals surface area contributed by atoms with Gasteiger partial charge in [0.15, 0.2) is 0 Å². The second kappa shape index (κ2) is 10.5. The fourth-order valence-corrected chi connectivity index (χ4v) is 3.48. The smallest absolute Gasteiger partial charge is 0.238 e. The van der Waals surface area contributed by atoms with Crippen molar-refractivity contribution in [2.24, 2.45) is 0 Å². The number of anilines is 1. The van der Waals surface area contributed by atoms with Gasteiger partial charge in [-0.3, -0.25) is 14.5 Å². The Morgan fingerprint density at radius 1 is 1.07 bits per heavy atom. The molecule has 0 aliphatic rings. The minimum Gasteiger partial charge on any atom is -0.348 e. The number of hydrogen-bond donors (Lipinski definition) is 2. The zero-order valence-corrected chi connectivity index (χ0v) is 17.8. The first-order valence-corrected chi connectivity index (χ1v) is 9.86. The summed E-state index contributed by atoms with van der Waals surface area (Å²) in [6.45, 7) is 4.09. The average molecular weight is 422 g/mol. The van der Waals surface area contributed by atoms with Crippen LogP contribution in [0.3, 0.4) is 0 Å². The van der Waals surface area contributed by atoms with E-state index in [0.29, 0.717) is 10.0 Å². The summed E-state index contributed by atoms with van der Waals surface area (Å²) in [5.41, 5.74) is 2.67. The maximum atomic E-state index is 12.3. The molecule has 0 saturated carbocycles. The Hall–Kier alpha value is -2.08. The lowest BCUT2D eigenvalue weighted by atomic mass is 10.1. The molecule has 2 N–H and O–H groups in total. The third-order valence-corrected chi connectivity index (χ3v) is 4.87. The van der Waals surface area contributed by atoms with Crippen LogP contribution in [0.1, 0.15) is 31.0 Å². The van der Waals surface area contributed by atoms with Gasteiger partial charge in [-0.25, -0.2) is 0 Å². The van der Waals surface area contributed by atoms with Gasteiger partial charge in [-0.15, -0.1) is 0 Å². The number of hydrogen-bond acceptors (Lipinski definition) is 3. The van der Waals surface area contributed by atoms with Gasteiger partial charge in [0.25, 0.3) is 0 Å². The molecule has 0 radical (unpaired) electrons. The van der Waals surface area contributed by atoms with Gasteiger partial charge in [0.05, 0.1) is 19.1 Å². The SMILES string of the molecule is CCc1ccccc1NC(=O)CN(C)CC(=O)N[C@@H](C)c1ccc(Cl)cc1Cl.